The normalized spacial score (nSPS) is 11.0. The number of carbonyl (C=O) groups is 1. The van der Waals surface area contributed by atoms with Gasteiger partial charge in [0.25, 0.3) is 5.91 Å². The standard InChI is InChI=1S/C19H21ClN2O4/c1-12-9-15(6-7-16(12)20)26-11-19(23)22-21-13(2)14-5-8-17(24-3)18(10-14)25-4/h5-10H,11H2,1-4H3,(H,22,23)/b21-13-. The highest BCUT2D eigenvalue weighted by Gasteiger charge is 2.08. The van der Waals surface area contributed by atoms with Crippen LogP contribution in [0.3, 0.4) is 0 Å². The number of nitrogens with zero attached hydrogens (tertiary/aromatic N) is 1. The fraction of sp³-hybridized carbons (Fsp3) is 0.263. The quantitative estimate of drug-likeness (QED) is 0.592. The minimum Gasteiger partial charge on any atom is -0.493 e. The average Bonchev–Trinajstić information content (AvgIpc) is 2.66. The number of hydrazone groups is 1. The Morgan fingerprint density at radius 2 is 1.85 bits per heavy atom. The van der Waals surface area contributed by atoms with Crippen LogP contribution in [0, 0.1) is 6.92 Å². The second-order valence-corrected chi connectivity index (χ2v) is 5.91. The van der Waals surface area contributed by atoms with Crippen molar-refractivity contribution in [1.82, 2.24) is 5.43 Å². The molecule has 2 aromatic rings. The predicted octanol–water partition coefficient (Wildman–Crippen LogP) is 3.58. The maximum Gasteiger partial charge on any atom is 0.277 e. The van der Waals surface area contributed by atoms with Crippen molar-refractivity contribution in [1.29, 1.82) is 0 Å². The Labute approximate surface area is 157 Å². The van der Waals surface area contributed by atoms with Crippen molar-refractivity contribution < 1.29 is 19.0 Å². The Hall–Kier alpha value is -2.73. The first-order chi connectivity index (χ1) is 12.4. The topological polar surface area (TPSA) is 69.2 Å². The first-order valence-corrected chi connectivity index (χ1v) is 8.27. The number of nitrogens with one attached hydrogen (secondary N) is 1. The highest BCUT2D eigenvalue weighted by atomic mass is 35.5. The summed E-state index contributed by atoms with van der Waals surface area (Å²) in [6, 6.07) is 10.6. The van der Waals surface area contributed by atoms with Crippen molar-refractivity contribution in [2.24, 2.45) is 5.10 Å². The number of halogens is 1. The number of rotatable bonds is 7. The first-order valence-electron chi connectivity index (χ1n) is 7.89. The Bertz CT molecular complexity index is 821. The molecule has 6 nitrogen and oxygen atoms in total. The molecule has 1 amide bonds. The number of benzene rings is 2. The zero-order chi connectivity index (χ0) is 19.1. The van der Waals surface area contributed by atoms with E-state index < -0.39 is 0 Å². The van der Waals surface area contributed by atoms with Gasteiger partial charge >= 0.3 is 0 Å². The summed E-state index contributed by atoms with van der Waals surface area (Å²) in [5.41, 5.74) is 4.78. The number of ether oxygens (including phenoxy) is 3. The van der Waals surface area contributed by atoms with E-state index in [1.807, 2.05) is 13.0 Å². The summed E-state index contributed by atoms with van der Waals surface area (Å²) in [5.74, 6) is 1.42. The van der Waals surface area contributed by atoms with Gasteiger partial charge in [-0.05, 0) is 55.8 Å². The molecule has 0 fully saturated rings. The van der Waals surface area contributed by atoms with Gasteiger partial charge in [-0.15, -0.1) is 0 Å². The molecule has 138 valence electrons. The largest absolute Gasteiger partial charge is 0.493 e. The molecule has 0 aliphatic rings. The number of carbonyl (C=O) groups excluding carboxylic acids is 1. The summed E-state index contributed by atoms with van der Waals surface area (Å²) in [7, 11) is 3.13. The minimum atomic E-state index is -0.363. The first kappa shape index (κ1) is 19.6. The van der Waals surface area contributed by atoms with E-state index in [0.29, 0.717) is 28.0 Å². The molecular formula is C19H21ClN2O4. The third-order valence-corrected chi connectivity index (χ3v) is 4.07. The lowest BCUT2D eigenvalue weighted by Gasteiger charge is -2.10. The number of methoxy groups -OCH3 is 2. The van der Waals surface area contributed by atoms with Crippen LogP contribution < -0.4 is 19.6 Å². The fourth-order valence-corrected chi connectivity index (χ4v) is 2.28. The molecule has 0 aromatic heterocycles. The second-order valence-electron chi connectivity index (χ2n) is 5.50. The lowest BCUT2D eigenvalue weighted by molar-refractivity contribution is -0.123. The molecule has 2 rings (SSSR count). The maximum absolute atomic E-state index is 11.9. The van der Waals surface area contributed by atoms with Gasteiger partial charge in [0, 0.05) is 10.6 Å². The van der Waals surface area contributed by atoms with Crippen molar-refractivity contribution in [3.8, 4) is 17.2 Å². The van der Waals surface area contributed by atoms with E-state index >= 15 is 0 Å². The van der Waals surface area contributed by atoms with Gasteiger partial charge in [-0.1, -0.05) is 11.6 Å². The Kier molecular flexibility index (Phi) is 6.86. The van der Waals surface area contributed by atoms with Gasteiger partial charge in [-0.25, -0.2) is 5.43 Å². The molecule has 0 bridgehead atoms. The lowest BCUT2D eigenvalue weighted by Crippen LogP contribution is -2.25. The molecule has 0 radical (unpaired) electrons. The Morgan fingerprint density at radius 1 is 1.12 bits per heavy atom. The van der Waals surface area contributed by atoms with Crippen LogP contribution in [-0.4, -0.2) is 32.4 Å². The van der Waals surface area contributed by atoms with Crippen molar-refractivity contribution in [3.05, 3.63) is 52.5 Å². The van der Waals surface area contributed by atoms with Crippen molar-refractivity contribution in [2.45, 2.75) is 13.8 Å². The molecule has 0 aliphatic carbocycles. The molecule has 26 heavy (non-hydrogen) atoms. The highest BCUT2D eigenvalue weighted by molar-refractivity contribution is 6.31. The minimum absolute atomic E-state index is 0.149. The molecule has 7 heteroatoms. The van der Waals surface area contributed by atoms with E-state index in [1.165, 1.54) is 0 Å². The van der Waals surface area contributed by atoms with E-state index in [4.69, 9.17) is 25.8 Å². The molecule has 1 N–H and O–H groups in total. The van der Waals surface area contributed by atoms with Crippen LogP contribution in [0.1, 0.15) is 18.1 Å². The van der Waals surface area contributed by atoms with E-state index in [9.17, 15) is 4.79 Å². The van der Waals surface area contributed by atoms with E-state index in [-0.39, 0.29) is 12.5 Å². The van der Waals surface area contributed by atoms with Crippen molar-refractivity contribution >= 4 is 23.2 Å². The molecular weight excluding hydrogens is 356 g/mol. The molecule has 0 saturated heterocycles. The predicted molar refractivity (Wildman–Crippen MR) is 102 cm³/mol. The van der Waals surface area contributed by atoms with Crippen LogP contribution in [0.5, 0.6) is 17.2 Å². The molecule has 0 saturated carbocycles. The van der Waals surface area contributed by atoms with E-state index in [0.717, 1.165) is 11.1 Å². The Balaban J connectivity index is 1.95. The van der Waals surface area contributed by atoms with Gasteiger partial charge in [0.05, 0.1) is 19.9 Å². The second kappa shape index (κ2) is 9.10. The monoisotopic (exact) mass is 376 g/mol. The average molecular weight is 377 g/mol. The van der Waals surface area contributed by atoms with E-state index in [2.05, 4.69) is 10.5 Å². The third-order valence-electron chi connectivity index (χ3n) is 3.65. The van der Waals surface area contributed by atoms with Crippen LogP contribution in [-0.2, 0) is 4.79 Å². The zero-order valence-corrected chi connectivity index (χ0v) is 15.9. The van der Waals surface area contributed by atoms with Crippen molar-refractivity contribution in [3.63, 3.8) is 0 Å². The third kappa shape index (κ3) is 5.13. The summed E-state index contributed by atoms with van der Waals surface area (Å²) in [6.07, 6.45) is 0. The fourth-order valence-electron chi connectivity index (χ4n) is 2.16. The molecule has 0 heterocycles. The zero-order valence-electron chi connectivity index (χ0n) is 15.1. The SMILES string of the molecule is COc1ccc(/C(C)=N\NC(=O)COc2ccc(Cl)c(C)c2)cc1OC. The van der Waals surface area contributed by atoms with Crippen LogP contribution in [0.4, 0.5) is 0 Å². The molecule has 0 atom stereocenters. The molecule has 0 spiro atoms. The van der Waals surface area contributed by atoms with Gasteiger partial charge in [0.15, 0.2) is 18.1 Å². The van der Waals surface area contributed by atoms with Crippen molar-refractivity contribution in [2.75, 3.05) is 20.8 Å². The summed E-state index contributed by atoms with van der Waals surface area (Å²) >= 11 is 5.96. The number of amides is 1. The lowest BCUT2D eigenvalue weighted by atomic mass is 10.1. The number of hydrogen-bond donors (Lipinski definition) is 1. The van der Waals surface area contributed by atoms with Gasteiger partial charge in [0.1, 0.15) is 5.75 Å². The van der Waals surface area contributed by atoms with Gasteiger partial charge in [-0.2, -0.15) is 5.10 Å². The number of aryl methyl sites for hydroxylation is 1. The summed E-state index contributed by atoms with van der Waals surface area (Å²) in [4.78, 5) is 11.9. The van der Waals surface area contributed by atoms with Crippen LogP contribution in [0.25, 0.3) is 0 Å². The van der Waals surface area contributed by atoms with Crippen LogP contribution >= 0.6 is 11.6 Å². The summed E-state index contributed by atoms with van der Waals surface area (Å²) < 4.78 is 15.9. The maximum atomic E-state index is 11.9. The van der Waals surface area contributed by atoms with Crippen LogP contribution in [0.15, 0.2) is 41.5 Å². The molecule has 0 unspecified atom stereocenters. The van der Waals surface area contributed by atoms with Gasteiger partial charge < -0.3 is 14.2 Å². The van der Waals surface area contributed by atoms with E-state index in [1.54, 1.807) is 51.5 Å². The van der Waals surface area contributed by atoms with Gasteiger partial charge in [-0.3, -0.25) is 4.79 Å². The van der Waals surface area contributed by atoms with Gasteiger partial charge in [0.2, 0.25) is 0 Å². The smallest absolute Gasteiger partial charge is 0.277 e. The Morgan fingerprint density at radius 3 is 2.50 bits per heavy atom. The highest BCUT2D eigenvalue weighted by Crippen LogP contribution is 2.27. The summed E-state index contributed by atoms with van der Waals surface area (Å²) in [6.45, 7) is 3.50. The summed E-state index contributed by atoms with van der Waals surface area (Å²) in [5, 5.41) is 4.74. The number of hydrogen-bond acceptors (Lipinski definition) is 5. The van der Waals surface area contributed by atoms with Crippen LogP contribution in [0.2, 0.25) is 5.02 Å². The molecule has 2 aromatic carbocycles. The molecule has 0 aliphatic heterocycles.